The largest absolute Gasteiger partial charge is 0.503 e. The summed E-state index contributed by atoms with van der Waals surface area (Å²) < 4.78 is 2.29. The molecule has 0 saturated carbocycles. The average Bonchev–Trinajstić information content (AvgIpc) is 3.45. The van der Waals surface area contributed by atoms with E-state index in [2.05, 4.69) is 25.5 Å². The number of oxime groups is 1. The van der Waals surface area contributed by atoms with Gasteiger partial charge < -0.3 is 30.9 Å². The van der Waals surface area contributed by atoms with E-state index in [1.54, 1.807) is 0 Å². The maximum Gasteiger partial charge on any atom is 0.352 e. The highest BCUT2D eigenvalue weighted by molar-refractivity contribution is 8.01. The van der Waals surface area contributed by atoms with Crippen LogP contribution in [0.5, 0.6) is 5.75 Å². The van der Waals surface area contributed by atoms with E-state index in [-0.39, 0.29) is 51.2 Å². The number of aliphatic carboxylic acids is 1. The number of β-lactam (4-membered cyclic amide) rings is 1. The standard InChI is InChI=1S/C24H23N9O10S3/c1-31-24(28-18(37)19(38)29-31)46-7-9-6-44-21-15(20(39)33(21)16(9)22(40)41)27-17(36)14(11-8-45-23(25)26-11)30-43-5-10-3-12(34)13(35)4-32(10)42-2/h3-4,8,15,21,35H,5-7H2,1-2H3,(H2,25,26)(H,27,36)(H,29,38)(H,40,41)/t15-,21-/m1/s1. The third-order valence-corrected chi connectivity index (χ3v) is 9.61. The highest BCUT2D eigenvalue weighted by Crippen LogP contribution is 2.41. The fraction of sp³-hybridized carbons (Fsp3) is 0.292. The van der Waals surface area contributed by atoms with Crippen molar-refractivity contribution < 1.29 is 34.3 Å². The van der Waals surface area contributed by atoms with Crippen molar-refractivity contribution >= 4 is 63.5 Å². The number of carboxylic acids is 1. The minimum atomic E-state index is -1.36. The number of nitrogens with zero attached hydrogens (tertiary/aromatic N) is 6. The van der Waals surface area contributed by atoms with Crippen molar-refractivity contribution in [2.24, 2.45) is 12.2 Å². The Labute approximate surface area is 268 Å². The normalized spacial score (nSPS) is 17.7. The molecule has 2 aliphatic heterocycles. The highest BCUT2D eigenvalue weighted by Gasteiger charge is 2.54. The first-order valence-corrected chi connectivity index (χ1v) is 15.7. The SMILES string of the molecule is COn1cc(O)c(=O)cc1CON=C(C(=O)N[C@@H]1C(=O)N2C(C(=O)O)=C(CSc3nc(=O)c(=O)[nH]n3C)CS[C@H]12)c1csc(N)n1. The highest BCUT2D eigenvalue weighted by atomic mass is 32.2. The predicted molar refractivity (Wildman–Crippen MR) is 163 cm³/mol. The monoisotopic (exact) mass is 693 g/mol. The summed E-state index contributed by atoms with van der Waals surface area (Å²) in [5, 5.41) is 29.3. The van der Waals surface area contributed by atoms with Gasteiger partial charge in [0.2, 0.25) is 5.43 Å². The summed E-state index contributed by atoms with van der Waals surface area (Å²) in [4.78, 5) is 93.0. The lowest BCUT2D eigenvalue weighted by molar-refractivity contribution is -0.150. The number of pyridine rings is 1. The van der Waals surface area contributed by atoms with Gasteiger partial charge in [-0.3, -0.25) is 38.7 Å². The zero-order valence-corrected chi connectivity index (χ0v) is 26.1. The molecular formula is C24H23N9O10S3. The van der Waals surface area contributed by atoms with Crippen LogP contribution in [0.4, 0.5) is 5.13 Å². The van der Waals surface area contributed by atoms with Gasteiger partial charge in [-0.2, -0.15) is 9.71 Å². The summed E-state index contributed by atoms with van der Waals surface area (Å²) in [5.74, 6) is -3.26. The van der Waals surface area contributed by atoms with Gasteiger partial charge in [0.05, 0.1) is 6.20 Å². The van der Waals surface area contributed by atoms with Crippen molar-refractivity contribution in [2.75, 3.05) is 24.3 Å². The summed E-state index contributed by atoms with van der Waals surface area (Å²) in [6, 6.07) is -0.0743. The molecule has 242 valence electrons. The number of thiazole rings is 1. The number of fused-ring (bicyclic) bond motifs is 1. The Balaban J connectivity index is 1.32. The van der Waals surface area contributed by atoms with Gasteiger partial charge in [-0.05, 0) is 5.57 Å². The minimum absolute atomic E-state index is 0.0328. The zero-order chi connectivity index (χ0) is 33.3. The van der Waals surface area contributed by atoms with Crippen LogP contribution in [0.25, 0.3) is 0 Å². The smallest absolute Gasteiger partial charge is 0.352 e. The van der Waals surface area contributed by atoms with Gasteiger partial charge in [-0.1, -0.05) is 16.9 Å². The number of thioether (sulfide) groups is 2. The molecule has 0 spiro atoms. The Morgan fingerprint density at radius 2 is 2.04 bits per heavy atom. The molecule has 0 bridgehead atoms. The van der Waals surface area contributed by atoms with Crippen LogP contribution in [0.3, 0.4) is 0 Å². The summed E-state index contributed by atoms with van der Waals surface area (Å²) in [5.41, 5.74) is 3.08. The molecule has 46 heavy (non-hydrogen) atoms. The average molecular weight is 694 g/mol. The van der Waals surface area contributed by atoms with Crippen molar-refractivity contribution in [3.05, 3.63) is 71.2 Å². The Kier molecular flexibility index (Phi) is 9.20. The quantitative estimate of drug-likeness (QED) is 0.0473. The van der Waals surface area contributed by atoms with E-state index in [9.17, 15) is 39.0 Å². The molecule has 1 saturated heterocycles. The van der Waals surface area contributed by atoms with E-state index in [0.717, 1.165) is 45.0 Å². The number of carboxylic acid groups (broad SMARTS) is 1. The molecule has 19 nitrogen and oxygen atoms in total. The van der Waals surface area contributed by atoms with Crippen LogP contribution in [0.1, 0.15) is 11.4 Å². The molecule has 2 amide bonds. The van der Waals surface area contributed by atoms with Crippen molar-refractivity contribution in [3.63, 3.8) is 0 Å². The molecule has 5 heterocycles. The Morgan fingerprint density at radius 3 is 2.72 bits per heavy atom. The maximum absolute atomic E-state index is 13.4. The van der Waals surface area contributed by atoms with Gasteiger partial charge in [0.25, 0.3) is 11.8 Å². The lowest BCUT2D eigenvalue weighted by atomic mass is 10.0. The van der Waals surface area contributed by atoms with Crippen molar-refractivity contribution in [2.45, 2.75) is 23.2 Å². The number of amides is 2. The number of carbonyl (C=O) groups is 3. The van der Waals surface area contributed by atoms with Crippen molar-refractivity contribution in [1.29, 1.82) is 0 Å². The second kappa shape index (κ2) is 13.1. The zero-order valence-electron chi connectivity index (χ0n) is 23.7. The molecule has 6 N–H and O–H groups in total. The number of nitrogens with two attached hydrogens (primary N) is 1. The molecule has 2 aliphatic rings. The molecular weight excluding hydrogens is 671 g/mol. The van der Waals surface area contributed by atoms with E-state index in [1.165, 1.54) is 36.0 Å². The van der Waals surface area contributed by atoms with E-state index in [1.807, 2.05) is 0 Å². The molecule has 2 atom stereocenters. The third kappa shape index (κ3) is 6.34. The number of H-pyrrole nitrogens is 1. The first-order chi connectivity index (χ1) is 21.9. The molecule has 3 aromatic heterocycles. The Morgan fingerprint density at radius 1 is 1.28 bits per heavy atom. The Hall–Kier alpha value is -5.09. The number of carbonyl (C=O) groups excluding carboxylic acids is 2. The van der Waals surface area contributed by atoms with Gasteiger partial charge in [-0.15, -0.1) is 23.1 Å². The van der Waals surface area contributed by atoms with Gasteiger partial charge in [0.1, 0.15) is 35.6 Å². The van der Waals surface area contributed by atoms with Crippen molar-refractivity contribution in [1.82, 2.24) is 34.7 Å². The molecule has 22 heteroatoms. The molecule has 1 fully saturated rings. The van der Waals surface area contributed by atoms with E-state index < -0.39 is 51.5 Å². The fourth-order valence-corrected chi connectivity index (χ4v) is 7.28. The number of aromatic nitrogens is 5. The lowest BCUT2D eigenvalue weighted by Gasteiger charge is -2.49. The van der Waals surface area contributed by atoms with E-state index >= 15 is 0 Å². The van der Waals surface area contributed by atoms with E-state index in [0.29, 0.717) is 5.57 Å². The summed E-state index contributed by atoms with van der Waals surface area (Å²) in [7, 11) is 2.75. The minimum Gasteiger partial charge on any atom is -0.503 e. The number of hydrogen-bond donors (Lipinski definition) is 5. The number of nitrogen functional groups attached to an aromatic ring is 1. The molecule has 0 aliphatic carbocycles. The summed E-state index contributed by atoms with van der Waals surface area (Å²) >= 11 is 3.24. The molecule has 0 radical (unpaired) electrons. The number of hydrogen-bond acceptors (Lipinski definition) is 16. The first kappa shape index (κ1) is 32.3. The topological polar surface area (TPSA) is 266 Å². The Bertz CT molecular complexity index is 1980. The van der Waals surface area contributed by atoms with Crippen LogP contribution >= 0.6 is 34.9 Å². The van der Waals surface area contributed by atoms with Gasteiger partial charge in [0.15, 0.2) is 28.4 Å². The number of rotatable bonds is 11. The van der Waals surface area contributed by atoms with Crippen LogP contribution in [-0.2, 0) is 32.9 Å². The predicted octanol–water partition coefficient (Wildman–Crippen LogP) is -2.12. The molecule has 0 unspecified atom stereocenters. The van der Waals surface area contributed by atoms with Crippen LogP contribution in [0, 0.1) is 0 Å². The second-order valence-corrected chi connectivity index (χ2v) is 12.4. The van der Waals surface area contributed by atoms with E-state index in [4.69, 9.17) is 15.4 Å². The van der Waals surface area contributed by atoms with Crippen LogP contribution in [0.15, 0.2) is 53.6 Å². The van der Waals surface area contributed by atoms with Gasteiger partial charge in [-0.25, -0.2) is 9.78 Å². The number of nitrogens with one attached hydrogen (secondary N) is 2. The number of aryl methyl sites for hydroxylation is 1. The van der Waals surface area contributed by atoms with Crippen molar-refractivity contribution in [3.8, 4) is 5.75 Å². The van der Waals surface area contributed by atoms with Crippen LogP contribution in [0.2, 0.25) is 0 Å². The summed E-state index contributed by atoms with van der Waals surface area (Å²) in [6.45, 7) is -0.370. The first-order valence-electron chi connectivity index (χ1n) is 12.8. The number of aromatic hydroxyl groups is 1. The maximum atomic E-state index is 13.4. The van der Waals surface area contributed by atoms with Crippen LogP contribution in [-0.4, -0.2) is 93.1 Å². The third-order valence-electron chi connectivity index (χ3n) is 6.48. The fourth-order valence-electron chi connectivity index (χ4n) is 4.33. The van der Waals surface area contributed by atoms with Gasteiger partial charge in [0, 0.05) is 30.0 Å². The second-order valence-electron chi connectivity index (χ2n) is 9.41. The molecule has 5 rings (SSSR count). The lowest BCUT2D eigenvalue weighted by Crippen LogP contribution is -2.71. The molecule has 0 aromatic carbocycles. The van der Waals surface area contributed by atoms with Crippen LogP contribution < -0.4 is 32.4 Å². The molecule has 3 aromatic rings. The number of aromatic amines is 1. The summed E-state index contributed by atoms with van der Waals surface area (Å²) in [6.07, 6.45) is 1.03. The number of anilines is 1. The van der Waals surface area contributed by atoms with Gasteiger partial charge >= 0.3 is 17.1 Å².